The lowest BCUT2D eigenvalue weighted by molar-refractivity contribution is 0.941. The normalized spacial score (nSPS) is 10.9. The molecule has 0 fully saturated rings. The van der Waals surface area contributed by atoms with E-state index in [0.717, 1.165) is 22.6 Å². The second kappa shape index (κ2) is 3.70. The van der Waals surface area contributed by atoms with Crippen molar-refractivity contribution in [1.82, 2.24) is 14.6 Å². The standard InChI is InChI=1S/C14H13N3/c1-10-4-3-5-12(8-10)13-6-7-14-15-11(2)9-17(14)16-13/h3-9H,1-2H3. The highest BCUT2D eigenvalue weighted by Crippen LogP contribution is 2.18. The molecule has 0 saturated heterocycles. The molecular formula is C14H13N3. The Hall–Kier alpha value is -2.16. The molecule has 17 heavy (non-hydrogen) atoms. The Morgan fingerprint density at radius 1 is 1.06 bits per heavy atom. The Balaban J connectivity index is 2.17. The van der Waals surface area contributed by atoms with Crippen molar-refractivity contribution >= 4 is 5.65 Å². The predicted octanol–water partition coefficient (Wildman–Crippen LogP) is 3.01. The molecule has 0 N–H and O–H groups in total. The van der Waals surface area contributed by atoms with Crippen molar-refractivity contribution in [1.29, 1.82) is 0 Å². The molecule has 2 heterocycles. The second-order valence-electron chi connectivity index (χ2n) is 4.27. The fourth-order valence-corrected chi connectivity index (χ4v) is 1.96. The number of imidazole rings is 1. The molecule has 3 heteroatoms. The van der Waals surface area contributed by atoms with Crippen molar-refractivity contribution in [3.05, 3.63) is 53.9 Å². The van der Waals surface area contributed by atoms with E-state index >= 15 is 0 Å². The van der Waals surface area contributed by atoms with Crippen LogP contribution < -0.4 is 0 Å². The van der Waals surface area contributed by atoms with Gasteiger partial charge in [-0.15, -0.1) is 0 Å². The number of hydrogen-bond donors (Lipinski definition) is 0. The summed E-state index contributed by atoms with van der Waals surface area (Å²) in [4.78, 5) is 4.37. The first kappa shape index (κ1) is 10.0. The summed E-state index contributed by atoms with van der Waals surface area (Å²) in [5.41, 5.74) is 5.22. The summed E-state index contributed by atoms with van der Waals surface area (Å²) in [6.45, 7) is 4.06. The Kier molecular flexibility index (Phi) is 2.18. The van der Waals surface area contributed by atoms with E-state index in [1.54, 1.807) is 0 Å². The van der Waals surface area contributed by atoms with Crippen LogP contribution in [0.1, 0.15) is 11.3 Å². The van der Waals surface area contributed by atoms with Gasteiger partial charge in [-0.3, -0.25) is 0 Å². The molecule has 3 rings (SSSR count). The Bertz CT molecular complexity index is 683. The molecule has 0 bridgehead atoms. The summed E-state index contributed by atoms with van der Waals surface area (Å²) >= 11 is 0. The molecule has 0 spiro atoms. The number of hydrogen-bond acceptors (Lipinski definition) is 2. The molecule has 3 aromatic rings. The van der Waals surface area contributed by atoms with Crippen molar-refractivity contribution in [2.45, 2.75) is 13.8 Å². The molecule has 2 aromatic heterocycles. The van der Waals surface area contributed by atoms with Crippen LogP contribution in [0.3, 0.4) is 0 Å². The predicted molar refractivity (Wildman–Crippen MR) is 67.9 cm³/mol. The van der Waals surface area contributed by atoms with Crippen LogP contribution in [-0.2, 0) is 0 Å². The first-order chi connectivity index (χ1) is 8.22. The van der Waals surface area contributed by atoms with Crippen molar-refractivity contribution in [2.75, 3.05) is 0 Å². The molecule has 0 saturated carbocycles. The highest BCUT2D eigenvalue weighted by atomic mass is 15.2. The van der Waals surface area contributed by atoms with Crippen LogP contribution in [0, 0.1) is 13.8 Å². The third-order valence-corrected chi connectivity index (χ3v) is 2.75. The molecule has 3 nitrogen and oxygen atoms in total. The molecule has 0 amide bonds. The average Bonchev–Trinajstić information content (AvgIpc) is 2.68. The highest BCUT2D eigenvalue weighted by Gasteiger charge is 2.03. The van der Waals surface area contributed by atoms with Crippen LogP contribution in [0.15, 0.2) is 42.6 Å². The number of benzene rings is 1. The number of nitrogens with zero attached hydrogens (tertiary/aromatic N) is 3. The van der Waals surface area contributed by atoms with Gasteiger partial charge in [0.2, 0.25) is 0 Å². The van der Waals surface area contributed by atoms with Gasteiger partial charge in [0.1, 0.15) is 0 Å². The van der Waals surface area contributed by atoms with E-state index in [9.17, 15) is 0 Å². The topological polar surface area (TPSA) is 30.2 Å². The molecular weight excluding hydrogens is 210 g/mol. The molecule has 0 aliphatic carbocycles. The first-order valence-corrected chi connectivity index (χ1v) is 5.62. The average molecular weight is 223 g/mol. The maximum atomic E-state index is 4.56. The monoisotopic (exact) mass is 223 g/mol. The third kappa shape index (κ3) is 1.80. The van der Waals surface area contributed by atoms with Gasteiger partial charge in [-0.25, -0.2) is 9.50 Å². The molecule has 0 radical (unpaired) electrons. The Morgan fingerprint density at radius 2 is 1.94 bits per heavy atom. The first-order valence-electron chi connectivity index (χ1n) is 5.62. The third-order valence-electron chi connectivity index (χ3n) is 2.75. The number of fused-ring (bicyclic) bond motifs is 1. The maximum absolute atomic E-state index is 4.56. The molecule has 84 valence electrons. The smallest absolute Gasteiger partial charge is 0.153 e. The summed E-state index contributed by atoms with van der Waals surface area (Å²) in [6, 6.07) is 12.4. The van der Waals surface area contributed by atoms with Gasteiger partial charge < -0.3 is 0 Å². The van der Waals surface area contributed by atoms with Gasteiger partial charge in [0, 0.05) is 5.56 Å². The van der Waals surface area contributed by atoms with E-state index in [0.29, 0.717) is 0 Å². The minimum atomic E-state index is 0.888. The molecule has 0 unspecified atom stereocenters. The summed E-state index contributed by atoms with van der Waals surface area (Å²) in [5.74, 6) is 0. The number of aryl methyl sites for hydroxylation is 2. The Labute approximate surface area is 99.7 Å². The van der Waals surface area contributed by atoms with Gasteiger partial charge >= 0.3 is 0 Å². The van der Waals surface area contributed by atoms with Crippen LogP contribution in [0.5, 0.6) is 0 Å². The second-order valence-corrected chi connectivity index (χ2v) is 4.27. The minimum absolute atomic E-state index is 0.888. The fraction of sp³-hybridized carbons (Fsp3) is 0.143. The zero-order valence-electron chi connectivity index (χ0n) is 9.88. The maximum Gasteiger partial charge on any atom is 0.153 e. The summed E-state index contributed by atoms with van der Waals surface area (Å²) in [7, 11) is 0. The van der Waals surface area contributed by atoms with E-state index in [2.05, 4.69) is 41.3 Å². The lowest BCUT2D eigenvalue weighted by Crippen LogP contribution is -1.93. The van der Waals surface area contributed by atoms with Crippen LogP contribution in [-0.4, -0.2) is 14.6 Å². The summed E-state index contributed by atoms with van der Waals surface area (Å²) in [6.07, 6.45) is 1.94. The van der Waals surface area contributed by atoms with Crippen molar-refractivity contribution in [3.8, 4) is 11.3 Å². The fourth-order valence-electron chi connectivity index (χ4n) is 1.96. The van der Waals surface area contributed by atoms with Gasteiger partial charge in [-0.05, 0) is 32.0 Å². The van der Waals surface area contributed by atoms with Crippen LogP contribution >= 0.6 is 0 Å². The number of aromatic nitrogens is 3. The van der Waals surface area contributed by atoms with Crippen molar-refractivity contribution in [2.24, 2.45) is 0 Å². The highest BCUT2D eigenvalue weighted by molar-refractivity contribution is 5.61. The number of rotatable bonds is 1. The van der Waals surface area contributed by atoms with E-state index in [1.807, 2.05) is 29.8 Å². The Morgan fingerprint density at radius 3 is 2.76 bits per heavy atom. The van der Waals surface area contributed by atoms with Gasteiger partial charge in [0.25, 0.3) is 0 Å². The van der Waals surface area contributed by atoms with Gasteiger partial charge in [0.15, 0.2) is 5.65 Å². The molecule has 1 aromatic carbocycles. The van der Waals surface area contributed by atoms with E-state index in [-0.39, 0.29) is 0 Å². The largest absolute Gasteiger partial charge is 0.232 e. The van der Waals surface area contributed by atoms with Crippen LogP contribution in [0.2, 0.25) is 0 Å². The molecule has 0 atom stereocenters. The van der Waals surface area contributed by atoms with Crippen molar-refractivity contribution < 1.29 is 0 Å². The SMILES string of the molecule is Cc1cccc(-c2ccc3nc(C)cn3n2)c1. The quantitative estimate of drug-likeness (QED) is 0.634. The lowest BCUT2D eigenvalue weighted by atomic mass is 10.1. The van der Waals surface area contributed by atoms with Gasteiger partial charge in [0.05, 0.1) is 17.6 Å². The zero-order valence-corrected chi connectivity index (χ0v) is 9.88. The van der Waals surface area contributed by atoms with Gasteiger partial charge in [-0.1, -0.05) is 23.8 Å². The van der Waals surface area contributed by atoms with Gasteiger partial charge in [-0.2, -0.15) is 5.10 Å². The molecule has 0 aliphatic heterocycles. The van der Waals surface area contributed by atoms with E-state index < -0.39 is 0 Å². The summed E-state index contributed by atoms with van der Waals surface area (Å²) < 4.78 is 1.83. The van der Waals surface area contributed by atoms with E-state index in [1.165, 1.54) is 5.56 Å². The summed E-state index contributed by atoms with van der Waals surface area (Å²) in [5, 5.41) is 4.56. The lowest BCUT2D eigenvalue weighted by Gasteiger charge is -2.02. The van der Waals surface area contributed by atoms with E-state index in [4.69, 9.17) is 0 Å². The van der Waals surface area contributed by atoms with Crippen LogP contribution in [0.25, 0.3) is 16.9 Å². The minimum Gasteiger partial charge on any atom is -0.232 e. The molecule has 0 aliphatic rings. The van der Waals surface area contributed by atoms with Crippen molar-refractivity contribution in [3.63, 3.8) is 0 Å². The van der Waals surface area contributed by atoms with Crippen LogP contribution in [0.4, 0.5) is 0 Å². The zero-order chi connectivity index (χ0) is 11.8.